The highest BCUT2D eigenvalue weighted by atomic mass is 79.9. The number of benzene rings is 2. The van der Waals surface area contributed by atoms with Gasteiger partial charge in [0.05, 0.1) is 6.21 Å². The van der Waals surface area contributed by atoms with Gasteiger partial charge < -0.3 is 4.74 Å². The number of nitrogens with zero attached hydrogens (tertiary/aromatic N) is 1. The van der Waals surface area contributed by atoms with Crippen molar-refractivity contribution in [1.29, 1.82) is 0 Å². The van der Waals surface area contributed by atoms with Gasteiger partial charge in [0.15, 0.2) is 6.61 Å². The van der Waals surface area contributed by atoms with Crippen LogP contribution in [0.25, 0.3) is 0 Å². The summed E-state index contributed by atoms with van der Waals surface area (Å²) in [4.78, 5) is 11.8. The summed E-state index contributed by atoms with van der Waals surface area (Å²) >= 11 is 3.39. The van der Waals surface area contributed by atoms with E-state index in [0.717, 1.165) is 21.2 Å². The van der Waals surface area contributed by atoms with E-state index in [9.17, 15) is 4.79 Å². The van der Waals surface area contributed by atoms with Crippen molar-refractivity contribution < 1.29 is 9.53 Å². The summed E-state index contributed by atoms with van der Waals surface area (Å²) in [5, 5.41) is 3.97. The van der Waals surface area contributed by atoms with Crippen molar-refractivity contribution in [3.63, 3.8) is 0 Å². The van der Waals surface area contributed by atoms with Crippen molar-refractivity contribution >= 4 is 28.1 Å². The first-order valence-corrected chi connectivity index (χ1v) is 8.03. The Morgan fingerprint density at radius 1 is 1.17 bits per heavy atom. The molecule has 0 radical (unpaired) electrons. The van der Waals surface area contributed by atoms with Crippen LogP contribution in [0.15, 0.2) is 46.0 Å². The number of aryl methyl sites for hydroxylation is 3. The van der Waals surface area contributed by atoms with E-state index in [1.807, 2.05) is 51.1 Å². The van der Waals surface area contributed by atoms with Crippen LogP contribution >= 0.6 is 15.9 Å². The molecular weight excluding hydrogens is 356 g/mol. The average molecular weight is 375 g/mol. The molecule has 5 heteroatoms. The van der Waals surface area contributed by atoms with Gasteiger partial charge in [0.25, 0.3) is 5.91 Å². The smallest absolute Gasteiger partial charge is 0.277 e. The molecule has 0 saturated heterocycles. The van der Waals surface area contributed by atoms with E-state index in [2.05, 4.69) is 32.5 Å². The summed E-state index contributed by atoms with van der Waals surface area (Å²) < 4.78 is 6.47. The van der Waals surface area contributed by atoms with E-state index in [1.165, 1.54) is 5.56 Å². The first-order valence-electron chi connectivity index (χ1n) is 7.24. The van der Waals surface area contributed by atoms with Gasteiger partial charge in [-0.05, 0) is 55.7 Å². The fraction of sp³-hybridized carbons (Fsp3) is 0.222. The quantitative estimate of drug-likeness (QED) is 0.637. The fourth-order valence-electron chi connectivity index (χ4n) is 2.09. The SMILES string of the molecule is Cc1ccc(C=NNC(=O)COc2ccc(Br)cc2C)c(C)c1. The summed E-state index contributed by atoms with van der Waals surface area (Å²) in [6, 6.07) is 11.7. The summed E-state index contributed by atoms with van der Waals surface area (Å²) in [6.07, 6.45) is 1.64. The second-order valence-corrected chi connectivity index (χ2v) is 6.27. The third-order valence-electron chi connectivity index (χ3n) is 3.31. The Balaban J connectivity index is 1.86. The third kappa shape index (κ3) is 5.21. The highest BCUT2D eigenvalue weighted by Gasteiger charge is 2.04. The van der Waals surface area contributed by atoms with Gasteiger partial charge in [0.1, 0.15) is 5.75 Å². The summed E-state index contributed by atoms with van der Waals surface area (Å²) in [5.41, 5.74) is 6.72. The molecule has 0 bridgehead atoms. The van der Waals surface area contributed by atoms with Crippen LogP contribution in [-0.4, -0.2) is 18.7 Å². The van der Waals surface area contributed by atoms with Crippen LogP contribution in [0.2, 0.25) is 0 Å². The lowest BCUT2D eigenvalue weighted by Gasteiger charge is -2.08. The molecule has 1 N–H and O–H groups in total. The molecule has 1 amide bonds. The van der Waals surface area contributed by atoms with Crippen LogP contribution in [0.5, 0.6) is 5.75 Å². The zero-order chi connectivity index (χ0) is 16.8. The van der Waals surface area contributed by atoms with Crippen molar-refractivity contribution in [1.82, 2.24) is 5.43 Å². The van der Waals surface area contributed by atoms with Crippen LogP contribution in [0.3, 0.4) is 0 Å². The minimum atomic E-state index is -0.298. The Morgan fingerprint density at radius 3 is 2.65 bits per heavy atom. The Labute approximate surface area is 144 Å². The van der Waals surface area contributed by atoms with Crippen molar-refractivity contribution in [3.8, 4) is 5.75 Å². The number of carbonyl (C=O) groups excluding carboxylic acids is 1. The molecule has 120 valence electrons. The van der Waals surface area contributed by atoms with Gasteiger partial charge in [-0.2, -0.15) is 5.10 Å². The fourth-order valence-corrected chi connectivity index (χ4v) is 2.57. The Hall–Kier alpha value is -2.14. The van der Waals surface area contributed by atoms with Gasteiger partial charge in [0.2, 0.25) is 0 Å². The molecule has 2 aromatic carbocycles. The molecule has 0 aliphatic carbocycles. The maximum Gasteiger partial charge on any atom is 0.277 e. The van der Waals surface area contributed by atoms with Crippen LogP contribution in [0, 0.1) is 20.8 Å². The van der Waals surface area contributed by atoms with Gasteiger partial charge in [-0.3, -0.25) is 4.79 Å². The lowest BCUT2D eigenvalue weighted by Crippen LogP contribution is -2.24. The second kappa shape index (κ2) is 7.92. The van der Waals surface area contributed by atoms with Crippen molar-refractivity contribution in [3.05, 3.63) is 63.1 Å². The molecule has 0 fully saturated rings. The molecule has 0 aliphatic rings. The Morgan fingerprint density at radius 2 is 1.96 bits per heavy atom. The highest BCUT2D eigenvalue weighted by Crippen LogP contribution is 2.21. The predicted molar refractivity (Wildman–Crippen MR) is 96.0 cm³/mol. The lowest BCUT2D eigenvalue weighted by molar-refractivity contribution is -0.123. The third-order valence-corrected chi connectivity index (χ3v) is 3.81. The summed E-state index contributed by atoms with van der Waals surface area (Å²) in [5.74, 6) is 0.384. The molecule has 0 aliphatic heterocycles. The maximum absolute atomic E-state index is 11.8. The first-order chi connectivity index (χ1) is 11.0. The average Bonchev–Trinajstić information content (AvgIpc) is 2.48. The maximum atomic E-state index is 11.8. The minimum Gasteiger partial charge on any atom is -0.483 e. The molecule has 23 heavy (non-hydrogen) atoms. The minimum absolute atomic E-state index is 0.0767. The summed E-state index contributed by atoms with van der Waals surface area (Å²) in [6.45, 7) is 5.90. The normalized spacial score (nSPS) is 10.8. The number of nitrogens with one attached hydrogen (secondary N) is 1. The van der Waals surface area contributed by atoms with Crippen molar-refractivity contribution in [2.45, 2.75) is 20.8 Å². The zero-order valence-electron chi connectivity index (χ0n) is 13.4. The van der Waals surface area contributed by atoms with Crippen molar-refractivity contribution in [2.75, 3.05) is 6.61 Å². The molecule has 2 aromatic rings. The molecular formula is C18H19BrN2O2. The van der Waals surface area contributed by atoms with Gasteiger partial charge in [0, 0.05) is 4.47 Å². The molecule has 0 aromatic heterocycles. The number of ether oxygens (including phenoxy) is 1. The van der Waals surface area contributed by atoms with E-state index in [4.69, 9.17) is 4.74 Å². The number of carbonyl (C=O) groups is 1. The summed E-state index contributed by atoms with van der Waals surface area (Å²) in [7, 11) is 0. The van der Waals surface area contributed by atoms with Crippen LogP contribution in [0.4, 0.5) is 0 Å². The first kappa shape index (κ1) is 17.2. The van der Waals surface area contributed by atoms with Crippen LogP contribution < -0.4 is 10.2 Å². The largest absolute Gasteiger partial charge is 0.483 e. The molecule has 0 unspecified atom stereocenters. The van der Waals surface area contributed by atoms with E-state index >= 15 is 0 Å². The Kier molecular flexibility index (Phi) is 5.93. The van der Waals surface area contributed by atoms with Gasteiger partial charge >= 0.3 is 0 Å². The lowest BCUT2D eigenvalue weighted by atomic mass is 10.1. The highest BCUT2D eigenvalue weighted by molar-refractivity contribution is 9.10. The van der Waals surface area contributed by atoms with Crippen molar-refractivity contribution in [2.24, 2.45) is 5.10 Å². The monoisotopic (exact) mass is 374 g/mol. The zero-order valence-corrected chi connectivity index (χ0v) is 15.0. The number of rotatable bonds is 5. The molecule has 2 rings (SSSR count). The molecule has 4 nitrogen and oxygen atoms in total. The standard InChI is InChI=1S/C18H19BrN2O2/c1-12-4-5-15(13(2)8-12)10-20-21-18(22)11-23-17-7-6-16(19)9-14(17)3/h4-10H,11H2,1-3H3,(H,21,22). The molecule has 0 spiro atoms. The number of amides is 1. The predicted octanol–water partition coefficient (Wildman–Crippen LogP) is 3.90. The van der Waals surface area contributed by atoms with Gasteiger partial charge in [-0.1, -0.05) is 39.7 Å². The van der Waals surface area contributed by atoms with E-state index < -0.39 is 0 Å². The molecule has 0 heterocycles. The number of hydrogen-bond donors (Lipinski definition) is 1. The molecule has 0 atom stereocenters. The van der Waals surface area contributed by atoms with E-state index in [0.29, 0.717) is 5.75 Å². The van der Waals surface area contributed by atoms with E-state index in [1.54, 1.807) is 6.21 Å². The molecule has 0 saturated carbocycles. The Bertz CT molecular complexity index is 742. The topological polar surface area (TPSA) is 50.7 Å². The van der Waals surface area contributed by atoms with Crippen LogP contribution in [0.1, 0.15) is 22.3 Å². The second-order valence-electron chi connectivity index (χ2n) is 5.35. The number of hydrogen-bond acceptors (Lipinski definition) is 3. The van der Waals surface area contributed by atoms with Gasteiger partial charge in [-0.25, -0.2) is 5.43 Å². The van der Waals surface area contributed by atoms with Gasteiger partial charge in [-0.15, -0.1) is 0 Å². The van der Waals surface area contributed by atoms with E-state index in [-0.39, 0.29) is 12.5 Å². The van der Waals surface area contributed by atoms with Crippen LogP contribution in [-0.2, 0) is 4.79 Å². The number of halogens is 1. The number of hydrazone groups is 1.